The number of anilines is 1. The summed E-state index contributed by atoms with van der Waals surface area (Å²) in [4.78, 5) is 16.7. The zero-order valence-corrected chi connectivity index (χ0v) is 15.4. The molecule has 1 heterocycles. The second-order valence-corrected chi connectivity index (χ2v) is 7.08. The molecule has 6 heteroatoms. The van der Waals surface area contributed by atoms with Crippen molar-refractivity contribution in [2.45, 2.75) is 18.9 Å². The van der Waals surface area contributed by atoms with Crippen molar-refractivity contribution in [3.63, 3.8) is 0 Å². The third-order valence-electron chi connectivity index (χ3n) is 4.68. The van der Waals surface area contributed by atoms with Gasteiger partial charge >= 0.3 is 0 Å². The van der Waals surface area contributed by atoms with Crippen LogP contribution in [0, 0.1) is 5.82 Å². The summed E-state index contributed by atoms with van der Waals surface area (Å²) in [6, 6.07) is 11.6. The first-order valence-corrected chi connectivity index (χ1v) is 8.94. The number of halogens is 3. The maximum absolute atomic E-state index is 13.0. The molecule has 1 saturated heterocycles. The largest absolute Gasteiger partial charge is 0.371 e. The normalized spacial score (nSPS) is 15.3. The lowest BCUT2D eigenvalue weighted by Gasteiger charge is -2.38. The smallest absolute Gasteiger partial charge is 0.255 e. The Hall–Kier alpha value is -1.78. The Labute approximate surface area is 156 Å². The Morgan fingerprint density at radius 1 is 1.12 bits per heavy atom. The minimum atomic E-state index is -0.234. The molecule has 132 valence electrons. The van der Waals surface area contributed by atoms with Crippen LogP contribution in [0.2, 0.25) is 10.0 Å². The average Bonchev–Trinajstić information content (AvgIpc) is 2.63. The number of piperidine rings is 1. The van der Waals surface area contributed by atoms with E-state index < -0.39 is 0 Å². The lowest BCUT2D eigenvalue weighted by Crippen LogP contribution is -2.45. The van der Waals surface area contributed by atoms with Gasteiger partial charge in [0.15, 0.2) is 0 Å². The number of hydrogen-bond donors (Lipinski definition) is 0. The molecule has 3 rings (SSSR count). The molecule has 0 atom stereocenters. The molecule has 1 aliphatic rings. The second kappa shape index (κ2) is 7.63. The summed E-state index contributed by atoms with van der Waals surface area (Å²) in [7, 11) is 1.80. The molecule has 0 unspecified atom stereocenters. The van der Waals surface area contributed by atoms with Crippen LogP contribution in [0.1, 0.15) is 23.2 Å². The van der Waals surface area contributed by atoms with E-state index in [1.807, 2.05) is 0 Å². The Balaban J connectivity index is 1.65. The Kier molecular flexibility index (Phi) is 5.50. The SMILES string of the molecule is CN(C(=O)c1cc(Cl)ccc1Cl)C1CCN(c2ccc(F)cc2)CC1. The number of rotatable bonds is 3. The first-order chi connectivity index (χ1) is 12.0. The number of amides is 1. The topological polar surface area (TPSA) is 23.6 Å². The summed E-state index contributed by atoms with van der Waals surface area (Å²) < 4.78 is 13.0. The highest BCUT2D eigenvalue weighted by atomic mass is 35.5. The first-order valence-electron chi connectivity index (χ1n) is 8.18. The standard InChI is InChI=1S/C19H19Cl2FN2O/c1-23(19(25)17-12-13(20)2-7-18(17)21)15-8-10-24(11-9-15)16-5-3-14(22)4-6-16/h2-7,12,15H,8-11H2,1H3. The van der Waals surface area contributed by atoms with Crippen molar-refractivity contribution in [3.05, 3.63) is 63.9 Å². The summed E-state index contributed by atoms with van der Waals surface area (Å²) in [5, 5.41) is 0.900. The van der Waals surface area contributed by atoms with Gasteiger partial charge in [-0.25, -0.2) is 4.39 Å². The van der Waals surface area contributed by atoms with Gasteiger partial charge in [-0.2, -0.15) is 0 Å². The lowest BCUT2D eigenvalue weighted by atomic mass is 10.0. The molecule has 0 N–H and O–H groups in total. The van der Waals surface area contributed by atoms with E-state index in [1.54, 1.807) is 42.3 Å². The van der Waals surface area contributed by atoms with Crippen LogP contribution in [-0.4, -0.2) is 37.0 Å². The van der Waals surface area contributed by atoms with Crippen molar-refractivity contribution in [3.8, 4) is 0 Å². The van der Waals surface area contributed by atoms with E-state index in [0.29, 0.717) is 15.6 Å². The van der Waals surface area contributed by atoms with E-state index in [0.717, 1.165) is 31.6 Å². The number of benzene rings is 2. The van der Waals surface area contributed by atoms with Gasteiger partial charge in [-0.3, -0.25) is 4.79 Å². The predicted octanol–water partition coefficient (Wildman–Crippen LogP) is 4.87. The zero-order chi connectivity index (χ0) is 18.0. The quantitative estimate of drug-likeness (QED) is 0.757. The summed E-state index contributed by atoms with van der Waals surface area (Å²) in [6.45, 7) is 1.63. The molecule has 25 heavy (non-hydrogen) atoms. The molecule has 0 spiro atoms. The number of carbonyl (C=O) groups is 1. The maximum atomic E-state index is 13.0. The van der Waals surface area contributed by atoms with Crippen LogP contribution in [0.15, 0.2) is 42.5 Å². The molecule has 0 saturated carbocycles. The van der Waals surface area contributed by atoms with Gasteiger partial charge in [-0.15, -0.1) is 0 Å². The maximum Gasteiger partial charge on any atom is 0.255 e. The van der Waals surface area contributed by atoms with E-state index in [4.69, 9.17) is 23.2 Å². The first kappa shape index (κ1) is 18.0. The van der Waals surface area contributed by atoms with Gasteiger partial charge in [-0.05, 0) is 55.3 Å². The number of carbonyl (C=O) groups excluding carboxylic acids is 1. The third kappa shape index (κ3) is 4.07. The van der Waals surface area contributed by atoms with Gasteiger partial charge in [0, 0.05) is 36.9 Å². The van der Waals surface area contributed by atoms with E-state index in [-0.39, 0.29) is 17.8 Å². The Morgan fingerprint density at radius 2 is 1.76 bits per heavy atom. The average molecular weight is 381 g/mol. The molecule has 0 bridgehead atoms. The van der Waals surface area contributed by atoms with Gasteiger partial charge in [0.2, 0.25) is 0 Å². The van der Waals surface area contributed by atoms with Crippen LogP contribution < -0.4 is 4.90 Å². The van der Waals surface area contributed by atoms with Gasteiger partial charge in [-0.1, -0.05) is 23.2 Å². The second-order valence-electron chi connectivity index (χ2n) is 6.23. The van der Waals surface area contributed by atoms with Crippen molar-refractivity contribution in [1.82, 2.24) is 4.90 Å². The van der Waals surface area contributed by atoms with E-state index in [9.17, 15) is 9.18 Å². The van der Waals surface area contributed by atoms with Crippen molar-refractivity contribution >= 4 is 34.8 Å². The fourth-order valence-electron chi connectivity index (χ4n) is 3.18. The van der Waals surface area contributed by atoms with Gasteiger partial charge in [0.05, 0.1) is 10.6 Å². The summed E-state index contributed by atoms with van der Waals surface area (Å²) in [5.41, 5.74) is 1.43. The zero-order valence-electron chi connectivity index (χ0n) is 13.9. The van der Waals surface area contributed by atoms with Crippen molar-refractivity contribution in [2.75, 3.05) is 25.0 Å². The van der Waals surface area contributed by atoms with Gasteiger partial charge < -0.3 is 9.80 Å². The highest BCUT2D eigenvalue weighted by Gasteiger charge is 2.27. The van der Waals surface area contributed by atoms with E-state index in [2.05, 4.69) is 4.90 Å². The summed E-state index contributed by atoms with van der Waals surface area (Å²) >= 11 is 12.1. The minimum absolute atomic E-state index is 0.118. The van der Waals surface area contributed by atoms with Crippen LogP contribution >= 0.6 is 23.2 Å². The van der Waals surface area contributed by atoms with Crippen LogP contribution in [0.5, 0.6) is 0 Å². The van der Waals surface area contributed by atoms with Gasteiger partial charge in [0.1, 0.15) is 5.82 Å². The fourth-order valence-corrected chi connectivity index (χ4v) is 3.55. The number of nitrogens with zero attached hydrogens (tertiary/aromatic N) is 2. The third-order valence-corrected chi connectivity index (χ3v) is 5.25. The van der Waals surface area contributed by atoms with E-state index >= 15 is 0 Å². The molecular weight excluding hydrogens is 362 g/mol. The highest BCUT2D eigenvalue weighted by Crippen LogP contribution is 2.26. The highest BCUT2D eigenvalue weighted by molar-refractivity contribution is 6.35. The van der Waals surface area contributed by atoms with E-state index in [1.165, 1.54) is 12.1 Å². The molecule has 3 nitrogen and oxygen atoms in total. The predicted molar refractivity (Wildman–Crippen MR) is 100 cm³/mol. The van der Waals surface area contributed by atoms with Crippen LogP contribution in [-0.2, 0) is 0 Å². The van der Waals surface area contributed by atoms with Crippen LogP contribution in [0.25, 0.3) is 0 Å². The lowest BCUT2D eigenvalue weighted by molar-refractivity contribution is 0.0709. The fraction of sp³-hybridized carbons (Fsp3) is 0.316. The summed E-state index contributed by atoms with van der Waals surface area (Å²) in [5.74, 6) is -0.352. The molecule has 1 fully saturated rings. The Bertz CT molecular complexity index is 759. The van der Waals surface area contributed by atoms with Gasteiger partial charge in [0.25, 0.3) is 5.91 Å². The number of hydrogen-bond acceptors (Lipinski definition) is 2. The molecule has 0 aliphatic carbocycles. The molecule has 2 aromatic rings. The molecule has 0 radical (unpaired) electrons. The van der Waals surface area contributed by atoms with Crippen LogP contribution in [0.4, 0.5) is 10.1 Å². The molecule has 1 amide bonds. The minimum Gasteiger partial charge on any atom is -0.371 e. The molecule has 0 aromatic heterocycles. The molecule has 2 aromatic carbocycles. The molecule has 1 aliphatic heterocycles. The van der Waals surface area contributed by atoms with Crippen molar-refractivity contribution < 1.29 is 9.18 Å². The van der Waals surface area contributed by atoms with Crippen molar-refractivity contribution in [1.29, 1.82) is 0 Å². The van der Waals surface area contributed by atoms with Crippen molar-refractivity contribution in [2.24, 2.45) is 0 Å². The molecular formula is C19H19Cl2FN2O. The van der Waals surface area contributed by atoms with Crippen LogP contribution in [0.3, 0.4) is 0 Å². The monoisotopic (exact) mass is 380 g/mol. The summed E-state index contributed by atoms with van der Waals surface area (Å²) in [6.07, 6.45) is 1.69. The Morgan fingerprint density at radius 3 is 2.40 bits per heavy atom.